The van der Waals surface area contributed by atoms with Crippen LogP contribution < -0.4 is 0 Å². The fourth-order valence-electron chi connectivity index (χ4n) is 4.28. The van der Waals surface area contributed by atoms with Gasteiger partial charge in [-0.05, 0) is 58.7 Å². The van der Waals surface area contributed by atoms with E-state index in [0.29, 0.717) is 23.1 Å². The van der Waals surface area contributed by atoms with Crippen LogP contribution in [-0.4, -0.2) is 0 Å². The molecular weight excluding hydrogens is 429 g/mol. The molecular formula is C31H29F3. The molecule has 0 saturated heterocycles. The molecule has 0 unspecified atom stereocenters. The van der Waals surface area contributed by atoms with Crippen LogP contribution in [0, 0.1) is 17.5 Å². The largest absolute Gasteiger partial charge is 0.206 e. The maximum absolute atomic E-state index is 15.0. The van der Waals surface area contributed by atoms with Gasteiger partial charge in [0.15, 0.2) is 11.6 Å². The molecule has 174 valence electrons. The zero-order valence-electron chi connectivity index (χ0n) is 19.7. The van der Waals surface area contributed by atoms with Gasteiger partial charge in [-0.25, -0.2) is 13.2 Å². The first-order valence-electron chi connectivity index (χ1n) is 12.0. The first-order chi connectivity index (χ1) is 16.5. The van der Waals surface area contributed by atoms with E-state index in [1.54, 1.807) is 18.2 Å². The molecule has 4 aromatic carbocycles. The molecule has 4 rings (SSSR count). The van der Waals surface area contributed by atoms with Gasteiger partial charge in [0.05, 0.1) is 0 Å². The summed E-state index contributed by atoms with van der Waals surface area (Å²) in [5.74, 6) is -2.25. The third kappa shape index (κ3) is 5.09. The van der Waals surface area contributed by atoms with Gasteiger partial charge in [-0.1, -0.05) is 99.5 Å². The summed E-state index contributed by atoms with van der Waals surface area (Å²) < 4.78 is 44.0. The monoisotopic (exact) mass is 458 g/mol. The van der Waals surface area contributed by atoms with Crippen LogP contribution in [0.1, 0.15) is 44.2 Å². The lowest BCUT2D eigenvalue weighted by Gasteiger charge is -2.11. The van der Waals surface area contributed by atoms with Crippen molar-refractivity contribution in [3.63, 3.8) is 0 Å². The Morgan fingerprint density at radius 3 is 1.74 bits per heavy atom. The highest BCUT2D eigenvalue weighted by molar-refractivity contribution is 5.74. The Bertz CT molecular complexity index is 1260. The topological polar surface area (TPSA) is 0 Å². The van der Waals surface area contributed by atoms with Crippen molar-refractivity contribution in [2.24, 2.45) is 0 Å². The van der Waals surface area contributed by atoms with Crippen molar-refractivity contribution in [3.8, 4) is 33.4 Å². The van der Waals surface area contributed by atoms with Crippen molar-refractivity contribution < 1.29 is 13.2 Å². The van der Waals surface area contributed by atoms with E-state index in [1.165, 1.54) is 30.5 Å². The number of halogens is 3. The molecule has 34 heavy (non-hydrogen) atoms. The molecule has 0 N–H and O–H groups in total. The highest BCUT2D eigenvalue weighted by Gasteiger charge is 2.16. The summed E-state index contributed by atoms with van der Waals surface area (Å²) >= 11 is 0. The third-order valence-corrected chi connectivity index (χ3v) is 6.26. The Morgan fingerprint density at radius 2 is 1.12 bits per heavy atom. The van der Waals surface area contributed by atoms with Crippen molar-refractivity contribution in [1.29, 1.82) is 0 Å². The minimum atomic E-state index is -0.928. The third-order valence-electron chi connectivity index (χ3n) is 6.26. The minimum Gasteiger partial charge on any atom is -0.206 e. The molecule has 0 aliphatic carbocycles. The van der Waals surface area contributed by atoms with E-state index in [9.17, 15) is 8.78 Å². The van der Waals surface area contributed by atoms with Crippen LogP contribution in [-0.2, 0) is 12.8 Å². The number of hydrogen-bond acceptors (Lipinski definition) is 0. The van der Waals surface area contributed by atoms with Crippen molar-refractivity contribution >= 4 is 0 Å². The van der Waals surface area contributed by atoms with Crippen LogP contribution in [0.2, 0.25) is 0 Å². The quantitative estimate of drug-likeness (QED) is 0.247. The summed E-state index contributed by atoms with van der Waals surface area (Å²) in [6, 6.07) is 23.9. The van der Waals surface area contributed by atoms with Gasteiger partial charge in [0.1, 0.15) is 5.82 Å². The molecule has 0 aromatic heterocycles. The molecule has 0 aliphatic rings. The summed E-state index contributed by atoms with van der Waals surface area (Å²) in [7, 11) is 0. The SMILES string of the molecule is CCCCc1ccc(-c2ccc(-c3ccc(-c4ccc(CCC)c(F)c4F)cc3F)cc2)cc1. The lowest BCUT2D eigenvalue weighted by molar-refractivity contribution is 0.500. The van der Waals surface area contributed by atoms with Crippen LogP contribution >= 0.6 is 0 Å². The number of unbranched alkanes of at least 4 members (excludes halogenated alkanes) is 1. The smallest absolute Gasteiger partial charge is 0.166 e. The predicted octanol–water partition coefficient (Wildman–Crippen LogP) is 9.40. The van der Waals surface area contributed by atoms with E-state index in [0.717, 1.165) is 29.5 Å². The van der Waals surface area contributed by atoms with Crippen molar-refractivity contribution in [1.82, 2.24) is 0 Å². The van der Waals surface area contributed by atoms with E-state index < -0.39 is 17.5 Å². The number of hydrogen-bond donors (Lipinski definition) is 0. The van der Waals surface area contributed by atoms with Crippen molar-refractivity contribution in [3.05, 3.63) is 107 Å². The molecule has 0 nitrogen and oxygen atoms in total. The second-order valence-corrected chi connectivity index (χ2v) is 8.72. The summed E-state index contributed by atoms with van der Waals surface area (Å²) in [4.78, 5) is 0. The molecule has 0 spiro atoms. The molecule has 0 radical (unpaired) electrons. The van der Waals surface area contributed by atoms with Crippen molar-refractivity contribution in [2.45, 2.75) is 46.0 Å². The summed E-state index contributed by atoms with van der Waals surface area (Å²) in [5.41, 5.74) is 5.41. The van der Waals surface area contributed by atoms with Crippen LogP contribution in [0.25, 0.3) is 33.4 Å². The highest BCUT2D eigenvalue weighted by atomic mass is 19.2. The van der Waals surface area contributed by atoms with Gasteiger partial charge in [-0.15, -0.1) is 0 Å². The van der Waals surface area contributed by atoms with Crippen LogP contribution in [0.3, 0.4) is 0 Å². The Balaban J connectivity index is 1.56. The zero-order valence-corrected chi connectivity index (χ0v) is 19.7. The van der Waals surface area contributed by atoms with Crippen LogP contribution in [0.4, 0.5) is 13.2 Å². The molecule has 0 aliphatic heterocycles. The minimum absolute atomic E-state index is 0.0699. The van der Waals surface area contributed by atoms with Gasteiger partial charge in [0.2, 0.25) is 0 Å². The second-order valence-electron chi connectivity index (χ2n) is 8.72. The average Bonchev–Trinajstić information content (AvgIpc) is 2.86. The summed E-state index contributed by atoms with van der Waals surface area (Å²) in [6.07, 6.45) is 4.64. The van der Waals surface area contributed by atoms with Gasteiger partial charge in [0.25, 0.3) is 0 Å². The maximum Gasteiger partial charge on any atom is 0.166 e. The number of rotatable bonds is 8. The first-order valence-corrected chi connectivity index (χ1v) is 12.0. The second kappa shape index (κ2) is 10.7. The van der Waals surface area contributed by atoms with E-state index in [-0.39, 0.29) is 5.56 Å². The van der Waals surface area contributed by atoms with Gasteiger partial charge < -0.3 is 0 Å². The van der Waals surface area contributed by atoms with E-state index in [2.05, 4.69) is 31.2 Å². The average molecular weight is 459 g/mol. The lowest BCUT2D eigenvalue weighted by atomic mass is 9.96. The Labute approximate surface area is 200 Å². The van der Waals surface area contributed by atoms with E-state index in [4.69, 9.17) is 0 Å². The van der Waals surface area contributed by atoms with Gasteiger partial charge >= 0.3 is 0 Å². The van der Waals surface area contributed by atoms with E-state index in [1.807, 2.05) is 31.2 Å². The summed E-state index contributed by atoms with van der Waals surface area (Å²) in [5, 5.41) is 0. The molecule has 0 saturated carbocycles. The predicted molar refractivity (Wildman–Crippen MR) is 135 cm³/mol. The lowest BCUT2D eigenvalue weighted by Crippen LogP contribution is -1.97. The van der Waals surface area contributed by atoms with E-state index >= 15 is 4.39 Å². The Hall–Kier alpha value is -3.33. The highest BCUT2D eigenvalue weighted by Crippen LogP contribution is 2.32. The molecule has 0 heterocycles. The molecule has 3 heteroatoms. The first kappa shape index (κ1) is 23.8. The van der Waals surface area contributed by atoms with Gasteiger partial charge in [0, 0.05) is 11.1 Å². The summed E-state index contributed by atoms with van der Waals surface area (Å²) in [6.45, 7) is 4.10. The number of benzene rings is 4. The number of aryl methyl sites for hydroxylation is 2. The molecule has 0 amide bonds. The molecule has 4 aromatic rings. The van der Waals surface area contributed by atoms with Crippen LogP contribution in [0.5, 0.6) is 0 Å². The molecule has 0 bridgehead atoms. The van der Waals surface area contributed by atoms with Crippen molar-refractivity contribution in [2.75, 3.05) is 0 Å². The van der Waals surface area contributed by atoms with Gasteiger partial charge in [-0.3, -0.25) is 0 Å². The molecule has 0 fully saturated rings. The fraction of sp³-hybridized carbons (Fsp3) is 0.226. The zero-order chi connectivity index (χ0) is 24.1. The Kier molecular flexibility index (Phi) is 7.52. The maximum atomic E-state index is 15.0. The Morgan fingerprint density at radius 1 is 0.529 bits per heavy atom. The van der Waals surface area contributed by atoms with Crippen LogP contribution in [0.15, 0.2) is 78.9 Å². The normalized spacial score (nSPS) is 11.1. The fourth-order valence-corrected chi connectivity index (χ4v) is 4.28. The molecule has 0 atom stereocenters. The standard InChI is InChI=1S/C31H29F3/c1-3-5-7-21-8-10-22(11-9-21)23-12-14-24(15-13-23)27-18-17-26(20-29(27)32)28-19-16-25(6-4-2)30(33)31(28)34/h8-20H,3-7H2,1-2H3. The van der Waals surface area contributed by atoms with Gasteiger partial charge in [-0.2, -0.15) is 0 Å².